The molecule has 164 valence electrons. The Kier molecular flexibility index (Phi) is 6.85. The molecule has 5 heteroatoms. The Morgan fingerprint density at radius 1 is 0.969 bits per heavy atom. The second kappa shape index (κ2) is 10.1. The second-order valence-corrected chi connectivity index (χ2v) is 8.05. The quantitative estimate of drug-likeness (QED) is 0.651. The fourth-order valence-corrected chi connectivity index (χ4v) is 4.26. The highest BCUT2D eigenvalue weighted by molar-refractivity contribution is 5.83. The van der Waals surface area contributed by atoms with Gasteiger partial charge in [-0.2, -0.15) is 0 Å². The van der Waals surface area contributed by atoms with Crippen LogP contribution in [0.5, 0.6) is 5.75 Å². The van der Waals surface area contributed by atoms with Gasteiger partial charge in [-0.3, -0.25) is 9.59 Å². The van der Waals surface area contributed by atoms with Crippen LogP contribution in [0.3, 0.4) is 0 Å². The molecular formula is C27H28N2O3. The Morgan fingerprint density at radius 3 is 2.44 bits per heavy atom. The first-order chi connectivity index (χ1) is 15.7. The lowest BCUT2D eigenvalue weighted by Gasteiger charge is -2.24. The lowest BCUT2D eigenvalue weighted by molar-refractivity contribution is -0.131. The van der Waals surface area contributed by atoms with Crippen LogP contribution in [0, 0.1) is 5.92 Å². The first kappa shape index (κ1) is 21.6. The van der Waals surface area contributed by atoms with Crippen molar-refractivity contribution in [2.45, 2.75) is 12.8 Å². The fraction of sp³-hybridized carbons (Fsp3) is 0.259. The molecule has 0 spiro atoms. The van der Waals surface area contributed by atoms with Crippen LogP contribution in [0.2, 0.25) is 0 Å². The Hall–Kier alpha value is -3.60. The highest BCUT2D eigenvalue weighted by atomic mass is 16.5. The smallest absolute Gasteiger partial charge is 0.227 e. The van der Waals surface area contributed by atoms with Gasteiger partial charge in [0, 0.05) is 25.2 Å². The number of methoxy groups -OCH3 is 1. The summed E-state index contributed by atoms with van der Waals surface area (Å²) >= 11 is 0. The van der Waals surface area contributed by atoms with E-state index >= 15 is 0 Å². The molecule has 1 saturated heterocycles. The molecule has 1 heterocycles. The van der Waals surface area contributed by atoms with Gasteiger partial charge in [0.25, 0.3) is 0 Å². The van der Waals surface area contributed by atoms with Crippen LogP contribution in [0.25, 0.3) is 11.1 Å². The molecule has 1 fully saturated rings. The van der Waals surface area contributed by atoms with E-state index in [4.69, 9.17) is 4.74 Å². The van der Waals surface area contributed by atoms with E-state index in [0.717, 1.165) is 28.0 Å². The number of carbonyl (C=O) groups excluding carboxylic acids is 2. The highest BCUT2D eigenvalue weighted by Gasteiger charge is 2.28. The predicted molar refractivity (Wildman–Crippen MR) is 125 cm³/mol. The van der Waals surface area contributed by atoms with Gasteiger partial charge in [-0.05, 0) is 29.2 Å². The van der Waals surface area contributed by atoms with Gasteiger partial charge in [0.1, 0.15) is 5.75 Å². The largest absolute Gasteiger partial charge is 0.496 e. The van der Waals surface area contributed by atoms with E-state index in [-0.39, 0.29) is 17.7 Å². The molecule has 0 radical (unpaired) electrons. The molecule has 1 aliphatic heterocycles. The summed E-state index contributed by atoms with van der Waals surface area (Å²) in [6, 6.07) is 25.7. The van der Waals surface area contributed by atoms with E-state index in [2.05, 4.69) is 17.4 Å². The van der Waals surface area contributed by atoms with Crippen LogP contribution < -0.4 is 10.1 Å². The van der Waals surface area contributed by atoms with Crippen LogP contribution in [0.15, 0.2) is 78.9 Å². The van der Waals surface area contributed by atoms with Gasteiger partial charge in [-0.25, -0.2) is 0 Å². The number of rotatable bonds is 6. The Balaban J connectivity index is 1.55. The third-order valence-electron chi connectivity index (χ3n) is 5.92. The maximum atomic E-state index is 13.0. The molecule has 3 aromatic carbocycles. The molecule has 0 aromatic heterocycles. The minimum Gasteiger partial charge on any atom is -0.496 e. The van der Waals surface area contributed by atoms with Gasteiger partial charge in [0.2, 0.25) is 11.8 Å². The summed E-state index contributed by atoms with van der Waals surface area (Å²) in [7, 11) is 1.66. The number of ether oxygens (including phenoxy) is 1. The highest BCUT2D eigenvalue weighted by Crippen LogP contribution is 2.33. The summed E-state index contributed by atoms with van der Waals surface area (Å²) in [4.78, 5) is 27.6. The van der Waals surface area contributed by atoms with Gasteiger partial charge < -0.3 is 15.0 Å². The fourth-order valence-electron chi connectivity index (χ4n) is 4.26. The van der Waals surface area contributed by atoms with Gasteiger partial charge in [0.15, 0.2) is 0 Å². The zero-order valence-corrected chi connectivity index (χ0v) is 18.3. The molecule has 1 atom stereocenters. The molecule has 5 nitrogen and oxygen atoms in total. The average molecular weight is 429 g/mol. The predicted octanol–water partition coefficient (Wildman–Crippen LogP) is 3.72. The van der Waals surface area contributed by atoms with Crippen LogP contribution in [0.1, 0.15) is 11.1 Å². The maximum Gasteiger partial charge on any atom is 0.227 e. The van der Waals surface area contributed by atoms with Crippen molar-refractivity contribution in [3.05, 3.63) is 90.0 Å². The van der Waals surface area contributed by atoms with Crippen LogP contribution in [-0.2, 0) is 22.4 Å². The lowest BCUT2D eigenvalue weighted by atomic mass is 9.91. The van der Waals surface area contributed by atoms with E-state index in [1.165, 1.54) is 0 Å². The van der Waals surface area contributed by atoms with E-state index in [0.29, 0.717) is 32.5 Å². The Bertz CT molecular complexity index is 1080. The lowest BCUT2D eigenvalue weighted by Crippen LogP contribution is -2.38. The normalized spacial score (nSPS) is 16.2. The van der Waals surface area contributed by atoms with E-state index in [9.17, 15) is 9.59 Å². The van der Waals surface area contributed by atoms with Gasteiger partial charge in [0.05, 0.1) is 19.4 Å². The number of nitrogens with zero attached hydrogens (tertiary/aromatic N) is 1. The first-order valence-electron chi connectivity index (χ1n) is 11.0. The van der Waals surface area contributed by atoms with Crippen molar-refractivity contribution in [1.29, 1.82) is 0 Å². The topological polar surface area (TPSA) is 58.6 Å². The molecule has 1 aliphatic rings. The zero-order valence-electron chi connectivity index (χ0n) is 18.3. The number of nitrogens with one attached hydrogen (secondary N) is 1. The summed E-state index contributed by atoms with van der Waals surface area (Å²) in [6.07, 6.45) is 0.898. The molecule has 32 heavy (non-hydrogen) atoms. The van der Waals surface area contributed by atoms with Crippen molar-refractivity contribution in [3.8, 4) is 16.9 Å². The minimum atomic E-state index is -0.312. The number of benzene rings is 3. The molecule has 2 amide bonds. The first-order valence-corrected chi connectivity index (χ1v) is 11.0. The molecule has 0 saturated carbocycles. The van der Waals surface area contributed by atoms with Crippen molar-refractivity contribution in [2.24, 2.45) is 5.92 Å². The van der Waals surface area contributed by atoms with E-state index in [1.54, 1.807) is 7.11 Å². The molecular weight excluding hydrogens is 400 g/mol. The summed E-state index contributed by atoms with van der Waals surface area (Å²) in [6.45, 7) is 1.42. The number of carbonyl (C=O) groups is 2. The molecule has 3 aromatic rings. The third-order valence-corrected chi connectivity index (χ3v) is 5.92. The van der Waals surface area contributed by atoms with Gasteiger partial charge >= 0.3 is 0 Å². The SMILES string of the molecule is COc1ccccc1-c1ccccc1C[C@H]1CN(C(=O)Cc2ccccc2)CCNC1=O. The van der Waals surface area contributed by atoms with E-state index in [1.807, 2.05) is 71.6 Å². The third kappa shape index (κ3) is 4.99. The standard InChI is InChI=1S/C27H28N2O3/c1-32-25-14-8-7-13-24(25)23-12-6-5-11-21(23)18-22-19-29(16-15-28-27(22)31)26(30)17-20-9-3-2-4-10-20/h2-14,22H,15-19H2,1H3,(H,28,31)/t22-/m0/s1. The maximum absolute atomic E-state index is 13.0. The molecule has 1 N–H and O–H groups in total. The Morgan fingerprint density at radius 2 is 1.66 bits per heavy atom. The molecule has 0 aliphatic carbocycles. The van der Waals surface area contributed by atoms with Crippen LogP contribution in [-0.4, -0.2) is 43.5 Å². The zero-order chi connectivity index (χ0) is 22.3. The van der Waals surface area contributed by atoms with Crippen molar-refractivity contribution >= 4 is 11.8 Å². The van der Waals surface area contributed by atoms with Crippen LogP contribution >= 0.6 is 0 Å². The summed E-state index contributed by atoms with van der Waals surface area (Å²) < 4.78 is 5.56. The number of para-hydroxylation sites is 1. The summed E-state index contributed by atoms with van der Waals surface area (Å²) in [5.74, 6) is 0.531. The second-order valence-electron chi connectivity index (χ2n) is 8.05. The van der Waals surface area contributed by atoms with E-state index < -0.39 is 0 Å². The monoisotopic (exact) mass is 428 g/mol. The minimum absolute atomic E-state index is 0.00478. The van der Waals surface area contributed by atoms with Gasteiger partial charge in [-0.1, -0.05) is 72.8 Å². The van der Waals surface area contributed by atoms with Crippen molar-refractivity contribution in [2.75, 3.05) is 26.7 Å². The summed E-state index contributed by atoms with van der Waals surface area (Å²) in [5, 5.41) is 2.99. The van der Waals surface area contributed by atoms with Crippen LogP contribution in [0.4, 0.5) is 0 Å². The number of hydrogen-bond acceptors (Lipinski definition) is 3. The van der Waals surface area contributed by atoms with Crippen molar-refractivity contribution < 1.29 is 14.3 Å². The molecule has 0 bridgehead atoms. The van der Waals surface area contributed by atoms with Gasteiger partial charge in [-0.15, -0.1) is 0 Å². The molecule has 0 unspecified atom stereocenters. The average Bonchev–Trinajstić information content (AvgIpc) is 3.01. The number of amides is 2. The molecule has 4 rings (SSSR count). The van der Waals surface area contributed by atoms with Crippen molar-refractivity contribution in [3.63, 3.8) is 0 Å². The van der Waals surface area contributed by atoms with Crippen molar-refractivity contribution in [1.82, 2.24) is 10.2 Å². The number of hydrogen-bond donors (Lipinski definition) is 1. The summed E-state index contributed by atoms with van der Waals surface area (Å²) in [5.41, 5.74) is 4.09. The Labute approximate surface area is 189 Å².